The van der Waals surface area contributed by atoms with Crippen LogP contribution in [-0.4, -0.2) is 16.5 Å². The first-order valence-corrected chi connectivity index (χ1v) is 5.23. The molecule has 2 rings (SSSR count). The van der Waals surface area contributed by atoms with E-state index in [1.54, 1.807) is 36.4 Å². The van der Waals surface area contributed by atoms with Gasteiger partial charge in [-0.2, -0.15) is 0 Å². The van der Waals surface area contributed by atoms with E-state index in [-0.39, 0.29) is 17.9 Å². The minimum Gasteiger partial charge on any atom is -0.507 e. The Balaban J connectivity index is 2.56. The topological polar surface area (TPSA) is 57.5 Å². The van der Waals surface area contributed by atoms with Crippen LogP contribution in [0.25, 0.3) is 11.1 Å². The molecule has 0 unspecified atom stereocenters. The van der Waals surface area contributed by atoms with Crippen LogP contribution in [0.4, 0.5) is 0 Å². The zero-order valence-corrected chi connectivity index (χ0v) is 9.13. The second kappa shape index (κ2) is 4.80. The third-order valence-electron chi connectivity index (χ3n) is 2.61. The van der Waals surface area contributed by atoms with Gasteiger partial charge in [0.05, 0.1) is 12.2 Å². The number of hydrogen-bond donors (Lipinski definition) is 2. The zero-order chi connectivity index (χ0) is 12.3. The molecule has 0 aliphatic rings. The number of para-hydroxylation sites is 1. The molecule has 0 aromatic heterocycles. The summed E-state index contributed by atoms with van der Waals surface area (Å²) >= 11 is 0. The Morgan fingerprint density at radius 1 is 1.12 bits per heavy atom. The minimum absolute atomic E-state index is 0.0300. The zero-order valence-electron chi connectivity index (χ0n) is 9.13. The van der Waals surface area contributed by atoms with Crippen molar-refractivity contribution in [1.29, 1.82) is 0 Å². The fourth-order valence-corrected chi connectivity index (χ4v) is 1.73. The van der Waals surface area contributed by atoms with Gasteiger partial charge in [-0.1, -0.05) is 30.3 Å². The van der Waals surface area contributed by atoms with Crippen molar-refractivity contribution in [2.75, 3.05) is 0 Å². The maximum Gasteiger partial charge on any atom is 0.153 e. The van der Waals surface area contributed by atoms with E-state index in [4.69, 9.17) is 5.11 Å². The van der Waals surface area contributed by atoms with Crippen LogP contribution in [0.15, 0.2) is 42.5 Å². The highest BCUT2D eigenvalue weighted by Crippen LogP contribution is 2.31. The summed E-state index contributed by atoms with van der Waals surface area (Å²) in [5.41, 5.74) is 2.39. The molecule has 2 aromatic carbocycles. The Kier molecular flexibility index (Phi) is 3.21. The highest BCUT2D eigenvalue weighted by Gasteiger charge is 2.08. The molecule has 3 nitrogen and oxygen atoms in total. The van der Waals surface area contributed by atoms with Crippen molar-refractivity contribution in [2.45, 2.75) is 6.61 Å². The molecule has 17 heavy (non-hydrogen) atoms. The van der Waals surface area contributed by atoms with Gasteiger partial charge in [-0.25, -0.2) is 0 Å². The number of aliphatic hydroxyl groups excluding tert-OH is 1. The summed E-state index contributed by atoms with van der Waals surface area (Å²) in [5, 5.41) is 19.0. The standard InChI is InChI=1S/C14H12O3/c15-8-10-3-1-4-11(7-10)13-6-2-5-12(9-16)14(13)17/h1-7,9,15,17H,8H2. The molecule has 86 valence electrons. The van der Waals surface area contributed by atoms with Crippen LogP contribution in [0, 0.1) is 0 Å². The van der Waals surface area contributed by atoms with E-state index < -0.39 is 0 Å². The molecule has 0 fully saturated rings. The Morgan fingerprint density at radius 2 is 1.88 bits per heavy atom. The van der Waals surface area contributed by atoms with Crippen LogP contribution in [0.5, 0.6) is 5.75 Å². The van der Waals surface area contributed by atoms with Crippen LogP contribution in [0.1, 0.15) is 15.9 Å². The molecule has 0 bridgehead atoms. The lowest BCUT2D eigenvalue weighted by Crippen LogP contribution is -1.88. The monoisotopic (exact) mass is 228 g/mol. The first kappa shape index (κ1) is 11.4. The highest BCUT2D eigenvalue weighted by molar-refractivity contribution is 5.85. The molecule has 0 aliphatic heterocycles. The third kappa shape index (κ3) is 2.19. The molecular formula is C14H12O3. The Morgan fingerprint density at radius 3 is 2.59 bits per heavy atom. The van der Waals surface area contributed by atoms with Crippen LogP contribution in [-0.2, 0) is 6.61 Å². The van der Waals surface area contributed by atoms with E-state index in [2.05, 4.69) is 0 Å². The van der Waals surface area contributed by atoms with E-state index in [0.717, 1.165) is 11.1 Å². The number of phenols is 1. The molecule has 0 saturated carbocycles. The average molecular weight is 228 g/mol. The quantitative estimate of drug-likeness (QED) is 0.793. The minimum atomic E-state index is -0.0536. The first-order valence-electron chi connectivity index (χ1n) is 5.23. The Bertz CT molecular complexity index is 547. The van der Waals surface area contributed by atoms with Crippen LogP contribution in [0.3, 0.4) is 0 Å². The number of carbonyl (C=O) groups excluding carboxylic acids is 1. The molecule has 0 aliphatic carbocycles. The van der Waals surface area contributed by atoms with Crippen molar-refractivity contribution in [2.24, 2.45) is 0 Å². The van der Waals surface area contributed by atoms with Gasteiger partial charge in [0.15, 0.2) is 6.29 Å². The van der Waals surface area contributed by atoms with Crippen molar-refractivity contribution in [3.63, 3.8) is 0 Å². The van der Waals surface area contributed by atoms with E-state index in [1.807, 2.05) is 6.07 Å². The number of hydrogen-bond acceptors (Lipinski definition) is 3. The predicted octanol–water partition coefficient (Wildman–Crippen LogP) is 2.36. The van der Waals surface area contributed by atoms with Crippen molar-refractivity contribution in [3.05, 3.63) is 53.6 Å². The van der Waals surface area contributed by atoms with E-state index >= 15 is 0 Å². The Labute approximate surface area is 99.0 Å². The maximum absolute atomic E-state index is 10.7. The smallest absolute Gasteiger partial charge is 0.153 e. The van der Waals surface area contributed by atoms with Crippen LogP contribution >= 0.6 is 0 Å². The molecule has 0 spiro atoms. The van der Waals surface area contributed by atoms with Gasteiger partial charge in [0.1, 0.15) is 5.75 Å². The molecule has 0 heterocycles. The van der Waals surface area contributed by atoms with Crippen molar-refractivity contribution < 1.29 is 15.0 Å². The maximum atomic E-state index is 10.7. The van der Waals surface area contributed by atoms with E-state index in [9.17, 15) is 9.90 Å². The number of benzene rings is 2. The largest absolute Gasteiger partial charge is 0.507 e. The fourth-order valence-electron chi connectivity index (χ4n) is 1.73. The number of carbonyl (C=O) groups is 1. The second-order valence-electron chi connectivity index (χ2n) is 3.72. The second-order valence-corrected chi connectivity index (χ2v) is 3.72. The summed E-state index contributed by atoms with van der Waals surface area (Å²) < 4.78 is 0. The first-order chi connectivity index (χ1) is 8.26. The molecule has 0 radical (unpaired) electrons. The van der Waals surface area contributed by atoms with Gasteiger partial charge >= 0.3 is 0 Å². The van der Waals surface area contributed by atoms with E-state index in [1.165, 1.54) is 0 Å². The fraction of sp³-hybridized carbons (Fsp3) is 0.0714. The normalized spacial score (nSPS) is 10.2. The highest BCUT2D eigenvalue weighted by atomic mass is 16.3. The molecule has 0 saturated heterocycles. The molecule has 0 amide bonds. The van der Waals surface area contributed by atoms with Crippen molar-refractivity contribution >= 4 is 6.29 Å². The third-order valence-corrected chi connectivity index (χ3v) is 2.61. The van der Waals surface area contributed by atoms with Crippen molar-refractivity contribution in [1.82, 2.24) is 0 Å². The molecule has 3 heteroatoms. The van der Waals surface area contributed by atoms with Gasteiger partial charge in [0.25, 0.3) is 0 Å². The lowest BCUT2D eigenvalue weighted by molar-refractivity contribution is 0.112. The van der Waals surface area contributed by atoms with Gasteiger partial charge in [-0.05, 0) is 23.3 Å². The summed E-state index contributed by atoms with van der Waals surface area (Å²) in [6.45, 7) is -0.0536. The lowest BCUT2D eigenvalue weighted by Gasteiger charge is -2.07. The Hall–Kier alpha value is -2.13. The summed E-state index contributed by atoms with van der Waals surface area (Å²) in [7, 11) is 0. The van der Waals surface area contributed by atoms with Gasteiger partial charge < -0.3 is 10.2 Å². The van der Waals surface area contributed by atoms with Crippen LogP contribution < -0.4 is 0 Å². The van der Waals surface area contributed by atoms with Gasteiger partial charge in [-0.3, -0.25) is 4.79 Å². The molecule has 2 N–H and O–H groups in total. The van der Waals surface area contributed by atoms with Gasteiger partial charge in [0, 0.05) is 5.56 Å². The van der Waals surface area contributed by atoms with Gasteiger partial charge in [-0.15, -0.1) is 0 Å². The summed E-state index contributed by atoms with van der Waals surface area (Å²) in [6, 6.07) is 12.2. The molecular weight excluding hydrogens is 216 g/mol. The predicted molar refractivity (Wildman–Crippen MR) is 64.9 cm³/mol. The summed E-state index contributed by atoms with van der Waals surface area (Å²) in [6.07, 6.45) is 0.620. The van der Waals surface area contributed by atoms with Crippen LogP contribution in [0.2, 0.25) is 0 Å². The number of aromatic hydroxyl groups is 1. The lowest BCUT2D eigenvalue weighted by atomic mass is 10.00. The SMILES string of the molecule is O=Cc1cccc(-c2cccc(CO)c2)c1O. The summed E-state index contributed by atoms with van der Waals surface area (Å²) in [4.78, 5) is 10.7. The average Bonchev–Trinajstić information content (AvgIpc) is 2.39. The number of phenolic OH excluding ortho intramolecular Hbond substituents is 1. The molecule has 0 atom stereocenters. The number of aldehydes is 1. The molecule has 2 aromatic rings. The number of rotatable bonds is 3. The number of aliphatic hydroxyl groups is 1. The van der Waals surface area contributed by atoms with Gasteiger partial charge in [0.2, 0.25) is 0 Å². The van der Waals surface area contributed by atoms with Crippen molar-refractivity contribution in [3.8, 4) is 16.9 Å². The summed E-state index contributed by atoms with van der Waals surface area (Å²) in [5.74, 6) is -0.0300. The van der Waals surface area contributed by atoms with E-state index in [0.29, 0.717) is 11.8 Å².